The molecule has 1 unspecified atom stereocenters. The van der Waals surface area contributed by atoms with Gasteiger partial charge in [-0.3, -0.25) is 4.79 Å². The van der Waals surface area contributed by atoms with Gasteiger partial charge in [0.1, 0.15) is 5.52 Å². The highest BCUT2D eigenvalue weighted by Crippen LogP contribution is 2.20. The normalized spacial score (nSPS) is 12.8. The first-order valence-corrected chi connectivity index (χ1v) is 7.33. The second kappa shape index (κ2) is 6.56. The molecule has 0 aliphatic heterocycles. The minimum absolute atomic E-state index is 0.338. The smallest absolute Gasteiger partial charge is 0.308 e. The summed E-state index contributed by atoms with van der Waals surface area (Å²) in [5.41, 5.74) is 1.87. The van der Waals surface area contributed by atoms with Crippen LogP contribution in [-0.2, 0) is 4.79 Å². The number of rotatable bonds is 7. The van der Waals surface area contributed by atoms with Gasteiger partial charge in [0.25, 0.3) is 0 Å². The molecule has 0 radical (unpaired) electrons. The molecular weight excluding hydrogens is 268 g/mol. The number of hydrogen-bond acceptors (Lipinski definition) is 4. The minimum Gasteiger partial charge on any atom is -0.481 e. The molecule has 2 heterocycles. The van der Waals surface area contributed by atoms with Crippen LogP contribution >= 0.6 is 0 Å². The highest BCUT2D eigenvalue weighted by atomic mass is 16.4. The molecule has 0 aliphatic rings. The molecule has 0 saturated carbocycles. The van der Waals surface area contributed by atoms with Crippen molar-refractivity contribution >= 4 is 17.3 Å². The van der Waals surface area contributed by atoms with Gasteiger partial charge in [-0.15, -0.1) is 0 Å². The SMILES string of the molecule is CCCC(CNc1nccn2nc(C(C)C)cc12)C(=O)O. The average molecular weight is 290 g/mol. The fraction of sp³-hybridized carbons (Fsp3) is 0.533. The lowest BCUT2D eigenvalue weighted by molar-refractivity contribution is -0.141. The lowest BCUT2D eigenvalue weighted by Crippen LogP contribution is -2.23. The lowest BCUT2D eigenvalue weighted by atomic mass is 10.0. The summed E-state index contributed by atoms with van der Waals surface area (Å²) < 4.78 is 1.78. The van der Waals surface area contributed by atoms with E-state index in [0.29, 0.717) is 24.7 Å². The number of aromatic nitrogens is 3. The van der Waals surface area contributed by atoms with Gasteiger partial charge >= 0.3 is 5.97 Å². The number of anilines is 1. The number of fused-ring (bicyclic) bond motifs is 1. The van der Waals surface area contributed by atoms with Gasteiger partial charge in [0.2, 0.25) is 0 Å². The fourth-order valence-electron chi connectivity index (χ4n) is 2.24. The number of carbonyl (C=O) groups is 1. The van der Waals surface area contributed by atoms with Crippen LogP contribution in [0.1, 0.15) is 45.2 Å². The largest absolute Gasteiger partial charge is 0.481 e. The molecule has 1 atom stereocenters. The Bertz CT molecular complexity index is 621. The molecular formula is C15H22N4O2. The van der Waals surface area contributed by atoms with E-state index < -0.39 is 11.9 Å². The zero-order chi connectivity index (χ0) is 15.4. The quantitative estimate of drug-likeness (QED) is 0.819. The molecule has 0 fully saturated rings. The fourth-order valence-corrected chi connectivity index (χ4v) is 2.24. The van der Waals surface area contributed by atoms with E-state index in [1.54, 1.807) is 16.9 Å². The van der Waals surface area contributed by atoms with Gasteiger partial charge in [-0.05, 0) is 18.4 Å². The molecule has 2 aromatic heterocycles. The maximum atomic E-state index is 11.2. The zero-order valence-electron chi connectivity index (χ0n) is 12.7. The standard InChI is InChI=1S/C15H22N4O2/c1-4-5-11(15(20)21)9-17-14-13-8-12(10(2)3)18-19(13)7-6-16-14/h6-8,10-11H,4-5,9H2,1-3H3,(H,16,17)(H,20,21). The summed E-state index contributed by atoms with van der Waals surface area (Å²) in [6, 6.07) is 2.00. The molecule has 6 heteroatoms. The van der Waals surface area contributed by atoms with Crippen molar-refractivity contribution in [1.29, 1.82) is 0 Å². The highest BCUT2D eigenvalue weighted by molar-refractivity contribution is 5.72. The van der Waals surface area contributed by atoms with Crippen LogP contribution in [0.4, 0.5) is 5.82 Å². The van der Waals surface area contributed by atoms with Gasteiger partial charge in [-0.1, -0.05) is 27.2 Å². The van der Waals surface area contributed by atoms with E-state index in [1.807, 2.05) is 13.0 Å². The van der Waals surface area contributed by atoms with E-state index in [2.05, 4.69) is 29.2 Å². The van der Waals surface area contributed by atoms with Crippen LogP contribution in [0.5, 0.6) is 0 Å². The Morgan fingerprint density at radius 2 is 2.24 bits per heavy atom. The minimum atomic E-state index is -0.771. The van der Waals surface area contributed by atoms with Crippen LogP contribution < -0.4 is 5.32 Å². The van der Waals surface area contributed by atoms with Crippen molar-refractivity contribution in [3.63, 3.8) is 0 Å². The van der Waals surface area contributed by atoms with Crippen molar-refractivity contribution in [2.24, 2.45) is 5.92 Å². The van der Waals surface area contributed by atoms with E-state index in [9.17, 15) is 9.90 Å². The Balaban J connectivity index is 2.19. The van der Waals surface area contributed by atoms with E-state index in [-0.39, 0.29) is 0 Å². The van der Waals surface area contributed by atoms with Crippen molar-refractivity contribution in [3.05, 3.63) is 24.2 Å². The van der Waals surface area contributed by atoms with Crippen LogP contribution in [-0.4, -0.2) is 32.2 Å². The Morgan fingerprint density at radius 1 is 1.48 bits per heavy atom. The Morgan fingerprint density at radius 3 is 2.86 bits per heavy atom. The summed E-state index contributed by atoms with van der Waals surface area (Å²) in [7, 11) is 0. The van der Waals surface area contributed by atoms with Gasteiger partial charge in [-0.25, -0.2) is 9.50 Å². The molecule has 2 N–H and O–H groups in total. The summed E-state index contributed by atoms with van der Waals surface area (Å²) in [5, 5.41) is 16.8. The summed E-state index contributed by atoms with van der Waals surface area (Å²) in [4.78, 5) is 15.5. The van der Waals surface area contributed by atoms with Crippen molar-refractivity contribution in [3.8, 4) is 0 Å². The maximum absolute atomic E-state index is 11.2. The van der Waals surface area contributed by atoms with E-state index in [1.165, 1.54) is 0 Å². The molecule has 2 rings (SSSR count). The van der Waals surface area contributed by atoms with Crippen molar-refractivity contribution < 1.29 is 9.90 Å². The number of nitrogens with one attached hydrogen (secondary N) is 1. The molecule has 0 aromatic carbocycles. The van der Waals surface area contributed by atoms with Gasteiger partial charge in [0, 0.05) is 18.9 Å². The van der Waals surface area contributed by atoms with E-state index in [0.717, 1.165) is 17.6 Å². The average Bonchev–Trinajstić information content (AvgIpc) is 2.88. The maximum Gasteiger partial charge on any atom is 0.308 e. The zero-order valence-corrected chi connectivity index (χ0v) is 12.7. The van der Waals surface area contributed by atoms with Crippen LogP contribution in [0.3, 0.4) is 0 Å². The van der Waals surface area contributed by atoms with Crippen LogP contribution in [0.2, 0.25) is 0 Å². The predicted molar refractivity (Wildman–Crippen MR) is 81.6 cm³/mol. The first kappa shape index (κ1) is 15.3. The Labute approximate surface area is 124 Å². The number of carboxylic acids is 1. The first-order chi connectivity index (χ1) is 10.0. The lowest BCUT2D eigenvalue weighted by Gasteiger charge is -2.13. The summed E-state index contributed by atoms with van der Waals surface area (Å²) in [6.45, 7) is 6.53. The van der Waals surface area contributed by atoms with E-state index in [4.69, 9.17) is 0 Å². The number of nitrogens with zero attached hydrogens (tertiary/aromatic N) is 3. The number of hydrogen-bond donors (Lipinski definition) is 2. The molecule has 21 heavy (non-hydrogen) atoms. The summed E-state index contributed by atoms with van der Waals surface area (Å²) >= 11 is 0. The third-order valence-electron chi connectivity index (χ3n) is 3.50. The van der Waals surface area contributed by atoms with Gasteiger partial charge < -0.3 is 10.4 Å². The monoisotopic (exact) mass is 290 g/mol. The molecule has 0 saturated heterocycles. The van der Waals surface area contributed by atoms with Crippen molar-refractivity contribution in [1.82, 2.24) is 14.6 Å². The van der Waals surface area contributed by atoms with Gasteiger partial charge in [0.15, 0.2) is 5.82 Å². The molecule has 2 aromatic rings. The Kier molecular flexibility index (Phi) is 4.77. The van der Waals surface area contributed by atoms with Crippen LogP contribution in [0, 0.1) is 5.92 Å². The third-order valence-corrected chi connectivity index (χ3v) is 3.50. The molecule has 6 nitrogen and oxygen atoms in total. The van der Waals surface area contributed by atoms with Crippen molar-refractivity contribution in [2.45, 2.75) is 39.5 Å². The highest BCUT2D eigenvalue weighted by Gasteiger charge is 2.17. The summed E-state index contributed by atoms with van der Waals surface area (Å²) in [6.07, 6.45) is 4.97. The molecule has 0 bridgehead atoms. The van der Waals surface area contributed by atoms with Crippen LogP contribution in [0.15, 0.2) is 18.5 Å². The molecule has 0 spiro atoms. The van der Waals surface area contributed by atoms with Gasteiger partial charge in [0.05, 0.1) is 11.6 Å². The Hall–Kier alpha value is -2.11. The predicted octanol–water partition coefficient (Wildman–Crippen LogP) is 2.77. The second-order valence-corrected chi connectivity index (χ2v) is 5.53. The summed E-state index contributed by atoms with van der Waals surface area (Å²) in [5.74, 6) is -0.152. The first-order valence-electron chi connectivity index (χ1n) is 7.33. The number of carboxylic acid groups (broad SMARTS) is 1. The number of aliphatic carboxylic acids is 1. The van der Waals surface area contributed by atoms with Crippen molar-refractivity contribution in [2.75, 3.05) is 11.9 Å². The topological polar surface area (TPSA) is 79.5 Å². The van der Waals surface area contributed by atoms with Crippen LogP contribution in [0.25, 0.3) is 5.52 Å². The third kappa shape index (κ3) is 3.51. The second-order valence-electron chi connectivity index (χ2n) is 5.53. The molecule has 0 amide bonds. The molecule has 114 valence electrons. The molecule has 0 aliphatic carbocycles. The van der Waals surface area contributed by atoms with Gasteiger partial charge in [-0.2, -0.15) is 5.10 Å². The van der Waals surface area contributed by atoms with E-state index >= 15 is 0 Å².